The van der Waals surface area contributed by atoms with Gasteiger partial charge < -0.3 is 15.2 Å². The van der Waals surface area contributed by atoms with Gasteiger partial charge in [0.2, 0.25) is 0 Å². The van der Waals surface area contributed by atoms with Gasteiger partial charge in [-0.2, -0.15) is 0 Å². The van der Waals surface area contributed by atoms with Gasteiger partial charge in [0, 0.05) is 30.7 Å². The van der Waals surface area contributed by atoms with Crippen LogP contribution in [-0.4, -0.2) is 45.1 Å². The number of nitrogens with two attached hydrogens (primary N) is 1. The minimum absolute atomic E-state index is 0.0653. The average molecular weight is 300 g/mol. The summed E-state index contributed by atoms with van der Waals surface area (Å²) in [5.41, 5.74) is 6.04. The summed E-state index contributed by atoms with van der Waals surface area (Å²) in [5, 5.41) is 7.40. The quantitative estimate of drug-likeness (QED) is 0.834. The number of H-pyrrole nitrogens is 1. The van der Waals surface area contributed by atoms with Crippen LogP contribution >= 0.6 is 11.8 Å². The van der Waals surface area contributed by atoms with Gasteiger partial charge in [-0.15, -0.1) is 5.10 Å². The summed E-state index contributed by atoms with van der Waals surface area (Å²) in [6, 6.07) is 0.0653. The maximum Gasteiger partial charge on any atom is 0.343 e. The van der Waals surface area contributed by atoms with E-state index in [0.29, 0.717) is 24.9 Å². The first-order valence-electron chi connectivity index (χ1n) is 6.99. The van der Waals surface area contributed by atoms with Gasteiger partial charge in [-0.3, -0.25) is 4.57 Å². The molecule has 1 aromatic heterocycles. The van der Waals surface area contributed by atoms with Crippen LogP contribution in [0, 0.1) is 0 Å². The van der Waals surface area contributed by atoms with Crippen LogP contribution in [0.4, 0.5) is 0 Å². The molecule has 2 aliphatic rings. The number of nitrogens with zero attached hydrogens (tertiary/aromatic N) is 2. The summed E-state index contributed by atoms with van der Waals surface area (Å²) < 4.78 is 13.2. The molecule has 0 amide bonds. The van der Waals surface area contributed by atoms with Gasteiger partial charge in [0.05, 0.1) is 13.2 Å². The average Bonchev–Trinajstić information content (AvgIpc) is 3.02. The summed E-state index contributed by atoms with van der Waals surface area (Å²) in [6.45, 7) is 3.81. The Morgan fingerprint density at radius 3 is 3.00 bits per heavy atom. The van der Waals surface area contributed by atoms with Crippen molar-refractivity contribution in [3.05, 3.63) is 10.5 Å². The second-order valence-corrected chi connectivity index (χ2v) is 6.43. The molecular formula is C12H20N4O3S. The third-order valence-corrected chi connectivity index (χ3v) is 5.30. The van der Waals surface area contributed by atoms with E-state index in [1.165, 1.54) is 0 Å². The van der Waals surface area contributed by atoms with Gasteiger partial charge >= 0.3 is 5.69 Å². The first-order chi connectivity index (χ1) is 9.63. The third kappa shape index (κ3) is 2.52. The SMILES string of the molecule is CCn1c(SC2CC3(CCC2N)OCCO3)n[nH]c1=O. The van der Waals surface area contributed by atoms with Crippen molar-refractivity contribution in [3.63, 3.8) is 0 Å². The van der Waals surface area contributed by atoms with Gasteiger partial charge in [0.15, 0.2) is 10.9 Å². The molecule has 1 saturated carbocycles. The molecule has 1 aliphatic heterocycles. The van der Waals surface area contributed by atoms with Crippen LogP contribution in [0.2, 0.25) is 0 Å². The summed E-state index contributed by atoms with van der Waals surface area (Å²) in [6.07, 6.45) is 2.44. The van der Waals surface area contributed by atoms with E-state index < -0.39 is 5.79 Å². The lowest BCUT2D eigenvalue weighted by Gasteiger charge is -2.39. The minimum Gasteiger partial charge on any atom is -0.347 e. The minimum atomic E-state index is -0.471. The predicted molar refractivity (Wildman–Crippen MR) is 74.6 cm³/mol. The summed E-state index contributed by atoms with van der Waals surface area (Å²) >= 11 is 1.54. The van der Waals surface area contributed by atoms with Crippen molar-refractivity contribution < 1.29 is 9.47 Å². The number of aromatic nitrogens is 3. The second-order valence-electron chi connectivity index (χ2n) is 5.23. The number of ether oxygens (including phenoxy) is 2. The number of hydrogen-bond donors (Lipinski definition) is 2. The molecule has 1 spiro atoms. The molecule has 2 unspecified atom stereocenters. The molecule has 1 aromatic rings. The Morgan fingerprint density at radius 2 is 2.30 bits per heavy atom. The lowest BCUT2D eigenvalue weighted by atomic mass is 9.90. The van der Waals surface area contributed by atoms with Gasteiger partial charge in [-0.1, -0.05) is 11.8 Å². The Kier molecular flexibility index (Phi) is 3.89. The topological polar surface area (TPSA) is 95.2 Å². The fourth-order valence-electron chi connectivity index (χ4n) is 2.83. The van der Waals surface area contributed by atoms with Crippen LogP contribution in [-0.2, 0) is 16.0 Å². The van der Waals surface area contributed by atoms with Crippen molar-refractivity contribution in [2.75, 3.05) is 13.2 Å². The Labute approximate surface area is 121 Å². The molecule has 2 atom stereocenters. The molecule has 1 saturated heterocycles. The van der Waals surface area contributed by atoms with Gasteiger partial charge in [0.25, 0.3) is 0 Å². The van der Waals surface area contributed by atoms with Crippen LogP contribution in [0.15, 0.2) is 9.95 Å². The highest BCUT2D eigenvalue weighted by Gasteiger charge is 2.44. The molecule has 0 bridgehead atoms. The van der Waals surface area contributed by atoms with E-state index in [0.717, 1.165) is 19.3 Å². The number of nitrogens with one attached hydrogen (secondary N) is 1. The van der Waals surface area contributed by atoms with E-state index in [1.54, 1.807) is 16.3 Å². The number of aromatic amines is 1. The highest BCUT2D eigenvalue weighted by atomic mass is 32.2. The van der Waals surface area contributed by atoms with Crippen LogP contribution in [0.25, 0.3) is 0 Å². The zero-order chi connectivity index (χ0) is 14.2. The Balaban J connectivity index is 1.76. The van der Waals surface area contributed by atoms with Crippen molar-refractivity contribution in [3.8, 4) is 0 Å². The maximum atomic E-state index is 11.6. The zero-order valence-corrected chi connectivity index (χ0v) is 12.3. The molecule has 20 heavy (non-hydrogen) atoms. The second kappa shape index (κ2) is 5.51. The van der Waals surface area contributed by atoms with E-state index in [2.05, 4.69) is 10.2 Å². The molecule has 112 valence electrons. The summed E-state index contributed by atoms with van der Waals surface area (Å²) in [4.78, 5) is 11.6. The molecule has 0 aromatic carbocycles. The molecule has 7 nitrogen and oxygen atoms in total. The Bertz CT molecular complexity index is 523. The first-order valence-corrected chi connectivity index (χ1v) is 7.87. The Hall–Kier alpha value is -0.830. The van der Waals surface area contributed by atoms with Gasteiger partial charge in [0.1, 0.15) is 0 Å². The lowest BCUT2D eigenvalue weighted by Crippen LogP contribution is -2.47. The fraction of sp³-hybridized carbons (Fsp3) is 0.833. The molecule has 3 N–H and O–H groups in total. The number of thioether (sulfide) groups is 1. The largest absolute Gasteiger partial charge is 0.347 e. The van der Waals surface area contributed by atoms with Crippen molar-refractivity contribution in [1.29, 1.82) is 0 Å². The normalized spacial score (nSPS) is 29.1. The van der Waals surface area contributed by atoms with Crippen molar-refractivity contribution in [2.24, 2.45) is 5.73 Å². The fourth-order valence-corrected chi connectivity index (χ4v) is 4.18. The molecular weight excluding hydrogens is 280 g/mol. The molecule has 3 rings (SSSR count). The van der Waals surface area contributed by atoms with Crippen LogP contribution in [0.1, 0.15) is 26.2 Å². The van der Waals surface area contributed by atoms with Crippen LogP contribution in [0.5, 0.6) is 0 Å². The van der Waals surface area contributed by atoms with E-state index in [9.17, 15) is 4.79 Å². The molecule has 8 heteroatoms. The van der Waals surface area contributed by atoms with E-state index in [-0.39, 0.29) is 17.0 Å². The monoisotopic (exact) mass is 300 g/mol. The van der Waals surface area contributed by atoms with E-state index in [4.69, 9.17) is 15.2 Å². The number of rotatable bonds is 3. The predicted octanol–water partition coefficient (Wildman–Crippen LogP) is 0.306. The summed E-state index contributed by atoms with van der Waals surface area (Å²) in [7, 11) is 0. The highest BCUT2D eigenvalue weighted by Crippen LogP contribution is 2.41. The lowest BCUT2D eigenvalue weighted by molar-refractivity contribution is -0.176. The molecule has 2 fully saturated rings. The van der Waals surface area contributed by atoms with E-state index >= 15 is 0 Å². The maximum absolute atomic E-state index is 11.6. The molecule has 1 aliphatic carbocycles. The third-order valence-electron chi connectivity index (χ3n) is 3.96. The first kappa shape index (κ1) is 14.1. The van der Waals surface area contributed by atoms with Crippen molar-refractivity contribution >= 4 is 11.8 Å². The summed E-state index contributed by atoms with van der Waals surface area (Å²) in [5.74, 6) is -0.471. The van der Waals surface area contributed by atoms with Crippen molar-refractivity contribution in [2.45, 2.75) is 55.0 Å². The standard InChI is InChI=1S/C12H20N4O3S/c1-2-16-10(17)14-15-11(16)20-9-7-12(4-3-8(9)13)18-5-6-19-12/h8-9H,2-7,13H2,1H3,(H,14,17). The van der Waals surface area contributed by atoms with Crippen molar-refractivity contribution in [1.82, 2.24) is 14.8 Å². The van der Waals surface area contributed by atoms with Gasteiger partial charge in [-0.05, 0) is 13.3 Å². The van der Waals surface area contributed by atoms with Crippen LogP contribution < -0.4 is 11.4 Å². The van der Waals surface area contributed by atoms with Crippen LogP contribution in [0.3, 0.4) is 0 Å². The van der Waals surface area contributed by atoms with E-state index in [1.807, 2.05) is 6.92 Å². The smallest absolute Gasteiger partial charge is 0.343 e. The molecule has 0 radical (unpaired) electrons. The highest BCUT2D eigenvalue weighted by molar-refractivity contribution is 7.99. The zero-order valence-electron chi connectivity index (χ0n) is 11.5. The Morgan fingerprint density at radius 1 is 1.55 bits per heavy atom. The number of hydrogen-bond acceptors (Lipinski definition) is 6. The molecule has 2 heterocycles. The van der Waals surface area contributed by atoms with Gasteiger partial charge in [-0.25, -0.2) is 9.89 Å².